The number of nitrogens with two attached hydrogens (primary N) is 1. The Morgan fingerprint density at radius 2 is 1.74 bits per heavy atom. The van der Waals surface area contributed by atoms with Gasteiger partial charge in [-0.3, -0.25) is 14.5 Å². The molecule has 130 valence electrons. The van der Waals surface area contributed by atoms with Crippen molar-refractivity contribution in [3.63, 3.8) is 0 Å². The normalized spacial score (nSPS) is 25.3. The second-order valence-electron chi connectivity index (χ2n) is 7.36. The molecule has 0 unspecified atom stereocenters. The van der Waals surface area contributed by atoms with Crippen molar-refractivity contribution in [3.05, 3.63) is 0 Å². The van der Waals surface area contributed by atoms with Gasteiger partial charge < -0.3 is 15.4 Å². The van der Waals surface area contributed by atoms with E-state index in [1.54, 1.807) is 25.7 Å². The highest BCUT2D eigenvalue weighted by Crippen LogP contribution is 2.25. The van der Waals surface area contributed by atoms with Gasteiger partial charge in [0.2, 0.25) is 11.8 Å². The fourth-order valence-corrected chi connectivity index (χ4v) is 3.18. The summed E-state index contributed by atoms with van der Waals surface area (Å²) < 4.78 is 5.39. The minimum atomic E-state index is -0.588. The van der Waals surface area contributed by atoms with Gasteiger partial charge in [-0.15, -0.1) is 0 Å². The lowest BCUT2D eigenvalue weighted by Gasteiger charge is -2.35. The van der Waals surface area contributed by atoms with Crippen LogP contribution in [0.25, 0.3) is 0 Å². The van der Waals surface area contributed by atoms with E-state index in [1.165, 1.54) is 4.90 Å². The van der Waals surface area contributed by atoms with Crippen LogP contribution in [0.3, 0.4) is 0 Å². The largest absolute Gasteiger partial charge is 0.444 e. The van der Waals surface area contributed by atoms with E-state index in [0.29, 0.717) is 26.1 Å². The number of carbonyl (C=O) groups is 3. The fourth-order valence-electron chi connectivity index (χ4n) is 3.18. The zero-order chi connectivity index (χ0) is 17.2. The summed E-state index contributed by atoms with van der Waals surface area (Å²) in [7, 11) is 0. The van der Waals surface area contributed by atoms with Crippen LogP contribution in [0.5, 0.6) is 0 Å². The van der Waals surface area contributed by atoms with Gasteiger partial charge in [0.25, 0.3) is 0 Å². The monoisotopic (exact) mass is 325 g/mol. The first-order chi connectivity index (χ1) is 10.7. The molecule has 0 saturated carbocycles. The highest BCUT2D eigenvalue weighted by Gasteiger charge is 2.40. The van der Waals surface area contributed by atoms with Crippen LogP contribution in [0.1, 0.15) is 46.5 Å². The number of primary amides is 1. The van der Waals surface area contributed by atoms with Crippen molar-refractivity contribution in [3.8, 4) is 0 Å². The highest BCUT2D eigenvalue weighted by molar-refractivity contribution is 5.87. The molecule has 0 radical (unpaired) electrons. The van der Waals surface area contributed by atoms with Crippen molar-refractivity contribution in [2.24, 2.45) is 11.7 Å². The van der Waals surface area contributed by atoms with E-state index in [9.17, 15) is 14.4 Å². The number of nitrogens with zero attached hydrogens (tertiary/aromatic N) is 2. The summed E-state index contributed by atoms with van der Waals surface area (Å²) in [5.41, 5.74) is 4.78. The molecular formula is C16H27N3O4. The molecule has 2 N–H and O–H groups in total. The van der Waals surface area contributed by atoms with Crippen molar-refractivity contribution >= 4 is 17.9 Å². The molecule has 0 aliphatic carbocycles. The standard InChI is InChI=1S/C16H27N3O4/c1-16(2,3)23-15(22)19-9-5-7-12(19)14(21)18-8-4-6-11(10-18)13(17)20/h11-12H,4-10H2,1-3H3,(H2,17,20)/t11-,12-/m1/s1. The molecular weight excluding hydrogens is 298 g/mol. The van der Waals surface area contributed by atoms with Crippen molar-refractivity contribution in [2.75, 3.05) is 19.6 Å². The summed E-state index contributed by atoms with van der Waals surface area (Å²) in [6.45, 7) is 6.91. The maximum Gasteiger partial charge on any atom is 0.410 e. The third kappa shape index (κ3) is 4.36. The van der Waals surface area contributed by atoms with Gasteiger partial charge in [-0.05, 0) is 46.5 Å². The summed E-state index contributed by atoms with van der Waals surface area (Å²) in [5.74, 6) is -0.749. The van der Waals surface area contributed by atoms with Gasteiger partial charge in [-0.25, -0.2) is 4.79 Å². The topological polar surface area (TPSA) is 92.9 Å². The van der Waals surface area contributed by atoms with E-state index in [0.717, 1.165) is 19.3 Å². The average molecular weight is 325 g/mol. The van der Waals surface area contributed by atoms with E-state index >= 15 is 0 Å². The maximum atomic E-state index is 12.8. The lowest BCUT2D eigenvalue weighted by molar-refractivity contribution is -0.139. The van der Waals surface area contributed by atoms with Crippen LogP contribution in [0, 0.1) is 5.92 Å². The van der Waals surface area contributed by atoms with Gasteiger partial charge in [-0.2, -0.15) is 0 Å². The number of amides is 3. The van der Waals surface area contributed by atoms with Crippen LogP contribution in [-0.4, -0.2) is 59.0 Å². The summed E-state index contributed by atoms with van der Waals surface area (Å²) in [5, 5.41) is 0. The molecule has 7 nitrogen and oxygen atoms in total. The number of likely N-dealkylation sites (tertiary alicyclic amines) is 2. The van der Waals surface area contributed by atoms with Crippen molar-refractivity contribution < 1.29 is 19.1 Å². The van der Waals surface area contributed by atoms with Crippen molar-refractivity contribution in [2.45, 2.75) is 58.1 Å². The average Bonchev–Trinajstić information content (AvgIpc) is 2.94. The van der Waals surface area contributed by atoms with Gasteiger partial charge in [0.1, 0.15) is 11.6 Å². The second-order valence-corrected chi connectivity index (χ2v) is 7.36. The Morgan fingerprint density at radius 3 is 2.35 bits per heavy atom. The maximum absolute atomic E-state index is 12.8. The molecule has 2 heterocycles. The summed E-state index contributed by atoms with van der Waals surface area (Å²) in [6, 6.07) is -0.489. The SMILES string of the molecule is CC(C)(C)OC(=O)N1CCC[C@@H]1C(=O)N1CCC[C@@H](C(N)=O)C1. The molecule has 2 rings (SSSR count). The molecule has 2 fully saturated rings. The third-order valence-electron chi connectivity index (χ3n) is 4.30. The third-order valence-corrected chi connectivity index (χ3v) is 4.30. The van der Waals surface area contributed by atoms with E-state index in [-0.39, 0.29) is 17.7 Å². The number of hydrogen-bond donors (Lipinski definition) is 1. The van der Waals surface area contributed by atoms with Crippen molar-refractivity contribution in [1.29, 1.82) is 0 Å². The Hall–Kier alpha value is -1.79. The van der Waals surface area contributed by atoms with Gasteiger partial charge in [-0.1, -0.05) is 0 Å². The molecule has 2 saturated heterocycles. The Morgan fingerprint density at radius 1 is 1.09 bits per heavy atom. The molecule has 23 heavy (non-hydrogen) atoms. The predicted octanol–water partition coefficient (Wildman–Crippen LogP) is 1.11. The predicted molar refractivity (Wildman–Crippen MR) is 84.5 cm³/mol. The first-order valence-electron chi connectivity index (χ1n) is 8.27. The lowest BCUT2D eigenvalue weighted by atomic mass is 9.96. The van der Waals surface area contributed by atoms with Gasteiger partial charge >= 0.3 is 6.09 Å². The Balaban J connectivity index is 2.02. The van der Waals surface area contributed by atoms with Crippen LogP contribution in [0.2, 0.25) is 0 Å². The van der Waals surface area contributed by atoms with Crippen molar-refractivity contribution in [1.82, 2.24) is 9.80 Å². The number of ether oxygens (including phenoxy) is 1. The minimum Gasteiger partial charge on any atom is -0.444 e. The number of piperidine rings is 1. The minimum absolute atomic E-state index is 0.0979. The van der Waals surface area contributed by atoms with Gasteiger partial charge in [0.05, 0.1) is 5.92 Å². The highest BCUT2D eigenvalue weighted by atomic mass is 16.6. The van der Waals surface area contributed by atoms with E-state index in [4.69, 9.17) is 10.5 Å². The molecule has 0 aromatic heterocycles. The van der Waals surface area contributed by atoms with Crippen LogP contribution in [0.4, 0.5) is 4.79 Å². The van der Waals surface area contributed by atoms with Gasteiger partial charge in [0.15, 0.2) is 0 Å². The smallest absolute Gasteiger partial charge is 0.410 e. The van der Waals surface area contributed by atoms with E-state index < -0.39 is 17.7 Å². The molecule has 0 aromatic carbocycles. The van der Waals surface area contributed by atoms with E-state index in [2.05, 4.69) is 0 Å². The number of rotatable bonds is 2. The Kier molecular flexibility index (Phi) is 5.16. The second kappa shape index (κ2) is 6.76. The zero-order valence-corrected chi connectivity index (χ0v) is 14.2. The van der Waals surface area contributed by atoms with Gasteiger partial charge in [0, 0.05) is 19.6 Å². The van der Waals surface area contributed by atoms with Crippen LogP contribution in [-0.2, 0) is 14.3 Å². The molecule has 2 aliphatic heterocycles. The summed E-state index contributed by atoms with van der Waals surface area (Å²) in [6.07, 6.45) is 2.45. The molecule has 2 aliphatic rings. The first kappa shape index (κ1) is 17.6. The molecule has 2 atom stereocenters. The Bertz CT molecular complexity index is 486. The fraction of sp³-hybridized carbons (Fsp3) is 0.812. The van der Waals surface area contributed by atoms with Crippen LogP contribution >= 0.6 is 0 Å². The van der Waals surface area contributed by atoms with Crippen LogP contribution in [0.15, 0.2) is 0 Å². The molecule has 0 spiro atoms. The summed E-state index contributed by atoms with van der Waals surface area (Å²) in [4.78, 5) is 39.6. The number of hydrogen-bond acceptors (Lipinski definition) is 4. The molecule has 0 bridgehead atoms. The lowest BCUT2D eigenvalue weighted by Crippen LogP contribution is -2.52. The quantitative estimate of drug-likeness (QED) is 0.823. The number of carbonyl (C=O) groups excluding carboxylic acids is 3. The Labute approximate surface area is 137 Å². The zero-order valence-electron chi connectivity index (χ0n) is 14.2. The molecule has 0 aromatic rings. The first-order valence-corrected chi connectivity index (χ1v) is 8.27. The summed E-state index contributed by atoms with van der Waals surface area (Å²) >= 11 is 0. The van der Waals surface area contributed by atoms with Crippen LogP contribution < -0.4 is 5.73 Å². The molecule has 7 heteroatoms. The van der Waals surface area contributed by atoms with E-state index in [1.807, 2.05) is 0 Å². The molecule has 3 amide bonds.